The van der Waals surface area contributed by atoms with Gasteiger partial charge in [0.2, 0.25) is 0 Å². The van der Waals surface area contributed by atoms with E-state index in [-0.39, 0.29) is 29.4 Å². The van der Waals surface area contributed by atoms with Crippen molar-refractivity contribution in [2.75, 3.05) is 13.6 Å². The summed E-state index contributed by atoms with van der Waals surface area (Å²) in [6.45, 7) is 3.42. The van der Waals surface area contributed by atoms with Gasteiger partial charge in [-0.25, -0.2) is 0 Å². The second-order valence-electron chi connectivity index (χ2n) is 6.29. The number of aryl methyl sites for hydroxylation is 1. The van der Waals surface area contributed by atoms with Gasteiger partial charge in [-0.1, -0.05) is 28.1 Å². The molecule has 1 fully saturated rings. The fourth-order valence-electron chi connectivity index (χ4n) is 2.78. The molecule has 0 radical (unpaired) electrons. The highest BCUT2D eigenvalue weighted by Gasteiger charge is 2.44. The molecule has 6 nitrogen and oxygen atoms in total. The number of hydrogen-bond donors (Lipinski definition) is 2. The molecule has 0 unspecified atom stereocenters. The number of aromatic nitrogens is 3. The Morgan fingerprint density at radius 1 is 1.32 bits per heavy atom. The van der Waals surface area contributed by atoms with Crippen molar-refractivity contribution in [3.05, 3.63) is 46.0 Å². The molecule has 1 heterocycles. The van der Waals surface area contributed by atoms with Gasteiger partial charge in [-0.3, -0.25) is 4.99 Å². The first-order chi connectivity index (χ1) is 11.5. The number of nitrogens with zero attached hydrogens (tertiary/aromatic N) is 4. The first-order valence-corrected chi connectivity index (χ1v) is 8.89. The average Bonchev–Trinajstić information content (AvgIpc) is 3.31. The van der Waals surface area contributed by atoms with E-state index in [0.29, 0.717) is 6.54 Å². The van der Waals surface area contributed by atoms with Gasteiger partial charge >= 0.3 is 0 Å². The van der Waals surface area contributed by atoms with Crippen LogP contribution >= 0.6 is 39.9 Å². The SMILES string of the molecule is CN=C(NCc1nnc(C)n1C)NCC1(c2cccc(Br)c2)CC1.I. The molecule has 3 rings (SSSR count). The van der Waals surface area contributed by atoms with Gasteiger partial charge in [0, 0.05) is 30.5 Å². The Bertz CT molecular complexity index is 753. The maximum absolute atomic E-state index is 4.31. The Morgan fingerprint density at radius 3 is 2.64 bits per heavy atom. The zero-order chi connectivity index (χ0) is 17.2. The molecular formula is C17H24BrIN6. The van der Waals surface area contributed by atoms with Crippen LogP contribution in [0.5, 0.6) is 0 Å². The van der Waals surface area contributed by atoms with Crippen LogP contribution in [0.3, 0.4) is 0 Å². The van der Waals surface area contributed by atoms with Crippen molar-refractivity contribution in [2.24, 2.45) is 12.0 Å². The van der Waals surface area contributed by atoms with Crippen LogP contribution in [0.1, 0.15) is 30.1 Å². The van der Waals surface area contributed by atoms with E-state index in [4.69, 9.17) is 0 Å². The number of aliphatic imine (C=N–C) groups is 1. The summed E-state index contributed by atoms with van der Waals surface area (Å²) in [5, 5.41) is 15.0. The van der Waals surface area contributed by atoms with Gasteiger partial charge in [-0.15, -0.1) is 34.2 Å². The van der Waals surface area contributed by atoms with Crippen LogP contribution in [-0.4, -0.2) is 34.3 Å². The topological polar surface area (TPSA) is 67.1 Å². The van der Waals surface area contributed by atoms with E-state index < -0.39 is 0 Å². The van der Waals surface area contributed by atoms with Crippen LogP contribution in [0, 0.1) is 6.92 Å². The number of nitrogens with one attached hydrogen (secondary N) is 2. The van der Waals surface area contributed by atoms with Gasteiger partial charge in [0.25, 0.3) is 0 Å². The van der Waals surface area contributed by atoms with Crippen LogP contribution < -0.4 is 10.6 Å². The number of guanidine groups is 1. The molecule has 25 heavy (non-hydrogen) atoms. The Balaban J connectivity index is 0.00000225. The summed E-state index contributed by atoms with van der Waals surface area (Å²) in [6.07, 6.45) is 2.41. The first kappa shape index (κ1) is 20.2. The van der Waals surface area contributed by atoms with E-state index in [1.807, 2.05) is 18.5 Å². The molecule has 1 aromatic heterocycles. The van der Waals surface area contributed by atoms with Crippen molar-refractivity contribution in [1.29, 1.82) is 0 Å². The van der Waals surface area contributed by atoms with Crippen molar-refractivity contribution in [3.8, 4) is 0 Å². The molecule has 1 aromatic carbocycles. The van der Waals surface area contributed by atoms with Crippen LogP contribution in [0.15, 0.2) is 33.7 Å². The zero-order valence-corrected chi connectivity index (χ0v) is 18.6. The average molecular weight is 519 g/mol. The molecule has 0 spiro atoms. The molecule has 0 atom stereocenters. The number of rotatable bonds is 5. The first-order valence-electron chi connectivity index (χ1n) is 8.09. The lowest BCUT2D eigenvalue weighted by atomic mass is 9.96. The summed E-state index contributed by atoms with van der Waals surface area (Å²) in [5.41, 5.74) is 1.60. The molecule has 8 heteroatoms. The van der Waals surface area contributed by atoms with Gasteiger partial charge in [-0.2, -0.15) is 0 Å². The molecule has 0 saturated heterocycles. The minimum Gasteiger partial charge on any atom is -0.356 e. The normalized spacial score (nSPS) is 15.4. The van der Waals surface area contributed by atoms with E-state index in [0.717, 1.165) is 28.6 Å². The summed E-state index contributed by atoms with van der Waals surface area (Å²) in [7, 11) is 3.75. The summed E-state index contributed by atoms with van der Waals surface area (Å²) in [5.74, 6) is 2.59. The van der Waals surface area contributed by atoms with Gasteiger partial charge in [0.15, 0.2) is 11.8 Å². The van der Waals surface area contributed by atoms with Crippen LogP contribution in [0.4, 0.5) is 0 Å². The van der Waals surface area contributed by atoms with Crippen molar-refractivity contribution in [3.63, 3.8) is 0 Å². The lowest BCUT2D eigenvalue weighted by molar-refractivity contribution is 0.639. The highest BCUT2D eigenvalue weighted by atomic mass is 127. The highest BCUT2D eigenvalue weighted by Crippen LogP contribution is 2.48. The predicted molar refractivity (Wildman–Crippen MR) is 114 cm³/mol. The fraction of sp³-hybridized carbons (Fsp3) is 0.471. The van der Waals surface area contributed by atoms with E-state index in [2.05, 4.69) is 66.0 Å². The van der Waals surface area contributed by atoms with Crippen molar-refractivity contribution < 1.29 is 0 Å². The number of hydrogen-bond acceptors (Lipinski definition) is 3. The smallest absolute Gasteiger partial charge is 0.191 e. The molecule has 1 aliphatic carbocycles. The molecule has 0 bridgehead atoms. The minimum atomic E-state index is 0. The Kier molecular flexibility index (Phi) is 6.84. The molecule has 1 aliphatic rings. The Labute approximate surface area is 174 Å². The molecule has 2 N–H and O–H groups in total. The summed E-state index contributed by atoms with van der Waals surface area (Å²) < 4.78 is 3.11. The molecule has 136 valence electrons. The summed E-state index contributed by atoms with van der Waals surface area (Å²) in [6, 6.07) is 8.59. The van der Waals surface area contributed by atoms with Gasteiger partial charge in [-0.05, 0) is 37.5 Å². The molecule has 0 aliphatic heterocycles. The fourth-order valence-corrected chi connectivity index (χ4v) is 3.18. The Hall–Kier alpha value is -1.16. The third-order valence-corrected chi connectivity index (χ3v) is 5.20. The third-order valence-electron chi connectivity index (χ3n) is 4.71. The minimum absolute atomic E-state index is 0. The Morgan fingerprint density at radius 2 is 2.08 bits per heavy atom. The summed E-state index contributed by atoms with van der Waals surface area (Å²) >= 11 is 3.56. The van der Waals surface area contributed by atoms with Crippen molar-refractivity contribution in [2.45, 2.75) is 31.7 Å². The molecule has 1 saturated carbocycles. The monoisotopic (exact) mass is 518 g/mol. The van der Waals surface area contributed by atoms with Crippen LogP contribution in [-0.2, 0) is 19.0 Å². The molecule has 0 amide bonds. The molecule has 2 aromatic rings. The number of halogens is 2. The number of benzene rings is 1. The van der Waals surface area contributed by atoms with Gasteiger partial charge in [0.1, 0.15) is 5.82 Å². The highest BCUT2D eigenvalue weighted by molar-refractivity contribution is 14.0. The van der Waals surface area contributed by atoms with Gasteiger partial charge in [0.05, 0.1) is 6.54 Å². The lowest BCUT2D eigenvalue weighted by Gasteiger charge is -2.19. The van der Waals surface area contributed by atoms with Crippen molar-refractivity contribution in [1.82, 2.24) is 25.4 Å². The van der Waals surface area contributed by atoms with Crippen molar-refractivity contribution >= 4 is 45.9 Å². The maximum atomic E-state index is 4.31. The second-order valence-corrected chi connectivity index (χ2v) is 7.21. The van der Waals surface area contributed by atoms with E-state index >= 15 is 0 Å². The van der Waals surface area contributed by atoms with E-state index in [1.165, 1.54) is 18.4 Å². The lowest BCUT2D eigenvalue weighted by Crippen LogP contribution is -2.41. The zero-order valence-electron chi connectivity index (χ0n) is 14.7. The standard InChI is InChI=1S/C17H23BrN6.HI/c1-12-22-23-15(24(12)3)10-20-16(19-2)21-11-17(7-8-17)13-5-4-6-14(18)9-13;/h4-6,9H,7-8,10-11H2,1-3H3,(H2,19,20,21);1H. The van der Waals surface area contributed by atoms with Crippen LogP contribution in [0.25, 0.3) is 0 Å². The molecular weight excluding hydrogens is 495 g/mol. The second kappa shape index (κ2) is 8.48. The third kappa shape index (κ3) is 4.72. The van der Waals surface area contributed by atoms with E-state index in [1.54, 1.807) is 7.05 Å². The predicted octanol–water partition coefficient (Wildman–Crippen LogP) is 2.90. The largest absolute Gasteiger partial charge is 0.356 e. The maximum Gasteiger partial charge on any atom is 0.191 e. The summed E-state index contributed by atoms with van der Waals surface area (Å²) in [4.78, 5) is 4.31. The van der Waals surface area contributed by atoms with E-state index in [9.17, 15) is 0 Å². The van der Waals surface area contributed by atoms with Crippen LogP contribution in [0.2, 0.25) is 0 Å². The van der Waals surface area contributed by atoms with Gasteiger partial charge < -0.3 is 15.2 Å². The quantitative estimate of drug-likeness (QED) is 0.363.